The minimum atomic E-state index is -2.93. The molecule has 4 heteroatoms. The number of halogens is 2. The lowest BCUT2D eigenvalue weighted by atomic mass is 9.95. The fourth-order valence-corrected chi connectivity index (χ4v) is 1.96. The quantitative estimate of drug-likeness (QED) is 0.754. The van der Waals surface area contributed by atoms with Crippen LogP contribution in [0.25, 0.3) is 5.76 Å². The van der Waals surface area contributed by atoms with Gasteiger partial charge in [0, 0.05) is 11.1 Å². The fraction of sp³-hybridized carbons (Fsp3) is 0.385. The number of benzene rings is 1. The van der Waals surface area contributed by atoms with E-state index in [2.05, 4.69) is 6.58 Å². The van der Waals surface area contributed by atoms with E-state index in [1.807, 2.05) is 6.92 Å². The second kappa shape index (κ2) is 4.45. The van der Waals surface area contributed by atoms with Crippen molar-refractivity contribution in [2.24, 2.45) is 0 Å². The van der Waals surface area contributed by atoms with Gasteiger partial charge in [-0.1, -0.05) is 24.8 Å². The van der Waals surface area contributed by atoms with E-state index in [4.69, 9.17) is 9.47 Å². The van der Waals surface area contributed by atoms with Crippen molar-refractivity contribution < 1.29 is 18.3 Å². The van der Waals surface area contributed by atoms with Crippen molar-refractivity contribution in [3.63, 3.8) is 0 Å². The summed E-state index contributed by atoms with van der Waals surface area (Å²) in [7, 11) is 0. The molecule has 0 saturated heterocycles. The lowest BCUT2D eigenvalue weighted by Gasteiger charge is -2.27. The van der Waals surface area contributed by atoms with E-state index in [1.165, 1.54) is 6.07 Å². The molecule has 0 radical (unpaired) electrons. The van der Waals surface area contributed by atoms with Crippen LogP contribution in [0.4, 0.5) is 8.78 Å². The Labute approximate surface area is 98.8 Å². The molecule has 92 valence electrons. The largest absolute Gasteiger partial charge is 0.494 e. The van der Waals surface area contributed by atoms with Gasteiger partial charge in [0.25, 0.3) is 5.92 Å². The van der Waals surface area contributed by atoms with Gasteiger partial charge in [-0.2, -0.15) is 8.78 Å². The van der Waals surface area contributed by atoms with Crippen LogP contribution in [-0.4, -0.2) is 13.2 Å². The zero-order chi connectivity index (χ0) is 12.5. The Kier molecular flexibility index (Phi) is 3.15. The zero-order valence-electron chi connectivity index (χ0n) is 9.63. The fourth-order valence-electron chi connectivity index (χ4n) is 1.96. The number of hydrogen-bond acceptors (Lipinski definition) is 2. The predicted molar refractivity (Wildman–Crippen MR) is 60.7 cm³/mol. The third kappa shape index (κ3) is 2.17. The standard InChI is InChI=1S/C13H14F2O2/c1-3-17-9(2)10-5-4-6-12-11(10)7-16-8-13(12,14)15/h4-6H,2-3,7-8H2,1H3. The number of alkyl halides is 2. The maximum atomic E-state index is 13.6. The first-order valence-corrected chi connectivity index (χ1v) is 5.46. The summed E-state index contributed by atoms with van der Waals surface area (Å²) in [6.07, 6.45) is 0. The molecule has 2 nitrogen and oxygen atoms in total. The number of fused-ring (bicyclic) bond motifs is 1. The molecule has 0 spiro atoms. The molecule has 0 atom stereocenters. The highest BCUT2D eigenvalue weighted by Crippen LogP contribution is 2.38. The molecule has 0 aliphatic carbocycles. The highest BCUT2D eigenvalue weighted by Gasteiger charge is 2.38. The van der Waals surface area contributed by atoms with Gasteiger partial charge in [-0.05, 0) is 12.5 Å². The van der Waals surface area contributed by atoms with Crippen molar-refractivity contribution in [3.8, 4) is 0 Å². The second-order valence-corrected chi connectivity index (χ2v) is 3.89. The lowest BCUT2D eigenvalue weighted by molar-refractivity contribution is -0.103. The Balaban J connectivity index is 2.46. The summed E-state index contributed by atoms with van der Waals surface area (Å²) in [5.41, 5.74) is 1.09. The van der Waals surface area contributed by atoms with Crippen molar-refractivity contribution in [3.05, 3.63) is 41.5 Å². The molecule has 0 unspecified atom stereocenters. The van der Waals surface area contributed by atoms with Gasteiger partial charge in [-0.15, -0.1) is 0 Å². The van der Waals surface area contributed by atoms with E-state index >= 15 is 0 Å². The Morgan fingerprint density at radius 2 is 2.29 bits per heavy atom. The highest BCUT2D eigenvalue weighted by molar-refractivity contribution is 5.63. The molecule has 0 amide bonds. The molecule has 1 heterocycles. The normalized spacial score (nSPS) is 17.4. The van der Waals surface area contributed by atoms with Crippen molar-refractivity contribution in [2.45, 2.75) is 19.5 Å². The first-order chi connectivity index (χ1) is 8.06. The molecule has 0 saturated carbocycles. The average molecular weight is 240 g/mol. The van der Waals surface area contributed by atoms with Crippen LogP contribution in [-0.2, 0) is 22.0 Å². The minimum Gasteiger partial charge on any atom is -0.494 e. The van der Waals surface area contributed by atoms with Crippen LogP contribution in [0.5, 0.6) is 0 Å². The minimum absolute atomic E-state index is 0.0158. The third-order valence-corrected chi connectivity index (χ3v) is 2.72. The van der Waals surface area contributed by atoms with Crippen molar-refractivity contribution in [1.29, 1.82) is 0 Å². The zero-order valence-corrected chi connectivity index (χ0v) is 9.63. The molecule has 0 aromatic heterocycles. The van der Waals surface area contributed by atoms with Crippen LogP contribution in [0.2, 0.25) is 0 Å². The highest BCUT2D eigenvalue weighted by atomic mass is 19.3. The molecular formula is C13H14F2O2. The van der Waals surface area contributed by atoms with Crippen LogP contribution in [0.1, 0.15) is 23.6 Å². The van der Waals surface area contributed by atoms with Crippen molar-refractivity contribution in [2.75, 3.05) is 13.2 Å². The second-order valence-electron chi connectivity index (χ2n) is 3.89. The molecular weight excluding hydrogens is 226 g/mol. The lowest BCUT2D eigenvalue weighted by Crippen LogP contribution is -2.28. The summed E-state index contributed by atoms with van der Waals surface area (Å²) in [5, 5.41) is 0. The van der Waals surface area contributed by atoms with Gasteiger partial charge in [0.05, 0.1) is 13.2 Å². The van der Waals surface area contributed by atoms with Gasteiger partial charge in [-0.25, -0.2) is 0 Å². The Morgan fingerprint density at radius 3 is 3.00 bits per heavy atom. The van der Waals surface area contributed by atoms with Crippen molar-refractivity contribution in [1.82, 2.24) is 0 Å². The first-order valence-electron chi connectivity index (χ1n) is 5.46. The van der Waals surface area contributed by atoms with E-state index in [0.29, 0.717) is 23.5 Å². The smallest absolute Gasteiger partial charge is 0.296 e. The van der Waals surface area contributed by atoms with Crippen molar-refractivity contribution >= 4 is 5.76 Å². The van der Waals surface area contributed by atoms with Gasteiger partial charge >= 0.3 is 0 Å². The van der Waals surface area contributed by atoms with Crippen LogP contribution < -0.4 is 0 Å². The van der Waals surface area contributed by atoms with Crippen LogP contribution in [0.3, 0.4) is 0 Å². The SMILES string of the molecule is C=C(OCC)c1cccc2c1COCC2(F)F. The molecule has 0 N–H and O–H groups in total. The van der Waals surface area contributed by atoms with Crippen LogP contribution >= 0.6 is 0 Å². The molecule has 0 bridgehead atoms. The number of rotatable bonds is 3. The molecule has 1 aromatic rings. The van der Waals surface area contributed by atoms with Gasteiger partial charge in [-0.3, -0.25) is 0 Å². The first kappa shape index (κ1) is 12.0. The van der Waals surface area contributed by atoms with E-state index in [-0.39, 0.29) is 12.2 Å². The molecule has 17 heavy (non-hydrogen) atoms. The summed E-state index contributed by atoms with van der Waals surface area (Å²) < 4.78 is 37.5. The summed E-state index contributed by atoms with van der Waals surface area (Å²) in [6, 6.07) is 4.75. The Hall–Kier alpha value is -1.42. The Morgan fingerprint density at radius 1 is 1.53 bits per heavy atom. The van der Waals surface area contributed by atoms with E-state index in [9.17, 15) is 8.78 Å². The van der Waals surface area contributed by atoms with Gasteiger partial charge in [0.1, 0.15) is 12.4 Å². The van der Waals surface area contributed by atoms with E-state index < -0.39 is 12.5 Å². The molecule has 1 aromatic carbocycles. The molecule has 2 rings (SSSR count). The number of hydrogen-bond donors (Lipinski definition) is 0. The summed E-state index contributed by atoms with van der Waals surface area (Å²) >= 11 is 0. The van der Waals surface area contributed by atoms with E-state index in [0.717, 1.165) is 0 Å². The monoisotopic (exact) mass is 240 g/mol. The molecule has 1 aliphatic heterocycles. The van der Waals surface area contributed by atoms with Gasteiger partial charge in [0.15, 0.2) is 0 Å². The summed E-state index contributed by atoms with van der Waals surface area (Å²) in [6.45, 7) is 5.64. The van der Waals surface area contributed by atoms with Crippen LogP contribution in [0.15, 0.2) is 24.8 Å². The third-order valence-electron chi connectivity index (χ3n) is 2.72. The molecule has 0 fully saturated rings. The van der Waals surface area contributed by atoms with E-state index in [1.54, 1.807) is 12.1 Å². The maximum absolute atomic E-state index is 13.6. The maximum Gasteiger partial charge on any atom is 0.296 e. The number of ether oxygens (including phenoxy) is 2. The van der Waals surface area contributed by atoms with Crippen LogP contribution in [0, 0.1) is 0 Å². The Bertz CT molecular complexity index is 441. The molecule has 1 aliphatic rings. The van der Waals surface area contributed by atoms with Gasteiger partial charge < -0.3 is 9.47 Å². The topological polar surface area (TPSA) is 18.5 Å². The summed E-state index contributed by atoms with van der Waals surface area (Å²) in [5.74, 6) is -2.53. The predicted octanol–water partition coefficient (Wildman–Crippen LogP) is 3.32. The van der Waals surface area contributed by atoms with Gasteiger partial charge in [0.2, 0.25) is 0 Å². The summed E-state index contributed by atoms with van der Waals surface area (Å²) in [4.78, 5) is 0. The average Bonchev–Trinajstić information content (AvgIpc) is 2.28.